The Bertz CT molecular complexity index is 2670. The van der Waals surface area contributed by atoms with E-state index in [-0.39, 0.29) is 195 Å². The second-order valence-electron chi connectivity index (χ2n) is 25.0. The molecule has 3 heterocycles. The van der Waals surface area contributed by atoms with Crippen LogP contribution >= 0.6 is 27.3 Å². The zero-order valence-corrected chi connectivity index (χ0v) is 64.2. The minimum absolute atomic E-state index is 0.0126. The lowest BCUT2D eigenvalue weighted by Gasteiger charge is -2.42. The van der Waals surface area contributed by atoms with Gasteiger partial charge in [0.1, 0.15) is 84.3 Å². The van der Waals surface area contributed by atoms with Crippen molar-refractivity contribution in [1.82, 2.24) is 42.5 Å². The number of benzene rings is 1. The summed E-state index contributed by atoms with van der Waals surface area (Å²) in [7, 11) is 0. The highest BCUT2D eigenvalue weighted by atomic mass is 127. The first kappa shape index (κ1) is 96.2. The number of hydrogen-bond acceptors (Lipinski definition) is 33. The highest BCUT2D eigenvalue weighted by Crippen LogP contribution is 2.51. The van der Waals surface area contributed by atoms with Crippen molar-refractivity contribution >= 4 is 74.5 Å². The Morgan fingerprint density at radius 1 is 0.413 bits per heavy atom. The van der Waals surface area contributed by atoms with Crippen LogP contribution in [0.3, 0.4) is 0 Å². The zero-order valence-electron chi connectivity index (χ0n) is 61.2. The lowest BCUT2D eigenvalue weighted by Crippen LogP contribution is -2.64. The fraction of sp³-hybridized carbons (Fsp3) is 0.785. The summed E-state index contributed by atoms with van der Waals surface area (Å²) in [4.78, 5) is 110. The molecule has 1 aromatic rings. The molecule has 0 bridgehead atoms. The van der Waals surface area contributed by atoms with E-state index in [9.17, 15) is 93.8 Å². The van der Waals surface area contributed by atoms with Crippen LogP contribution in [0.25, 0.3) is 0 Å². The minimum atomic E-state index is -3.75. The fourth-order valence-electron chi connectivity index (χ4n) is 10.7. The number of carbonyl (C=O) groups excluding carboxylic acids is 8. The molecule has 0 aliphatic carbocycles. The van der Waals surface area contributed by atoms with Gasteiger partial charge in [-0.2, -0.15) is 0 Å². The van der Waals surface area contributed by atoms with Gasteiger partial charge >= 0.3 is 5.24 Å². The highest BCUT2D eigenvalue weighted by molar-refractivity contribution is 14.2. The number of nitrogens with one attached hydrogen (secondary N) is 8. The molecular formula is C65H110IN8O34P. The van der Waals surface area contributed by atoms with Crippen molar-refractivity contribution in [2.24, 2.45) is 0 Å². The molecule has 44 heteroatoms. The van der Waals surface area contributed by atoms with Crippen LogP contribution in [0.1, 0.15) is 58.4 Å². The monoisotopic (exact) mass is 1700 g/mol. The molecule has 3 saturated heterocycles. The van der Waals surface area contributed by atoms with Gasteiger partial charge < -0.3 is 164 Å². The number of aryl methyl sites for hydroxylation is 1. The molecule has 0 spiro atoms. The van der Waals surface area contributed by atoms with Crippen molar-refractivity contribution in [2.45, 2.75) is 157 Å². The summed E-state index contributed by atoms with van der Waals surface area (Å²) in [6.45, 7) is 0.150. The highest BCUT2D eigenvalue weighted by Gasteiger charge is 2.48. The number of carbonyl (C=O) groups is 8. The molecule has 16 atom stereocenters. The van der Waals surface area contributed by atoms with E-state index in [1.54, 1.807) is 12.1 Å². The number of rotatable bonds is 57. The van der Waals surface area contributed by atoms with Crippen LogP contribution in [0.5, 0.6) is 5.75 Å². The molecule has 2 unspecified atom stereocenters. The van der Waals surface area contributed by atoms with Crippen LogP contribution in [-0.2, 0) is 116 Å². The van der Waals surface area contributed by atoms with Gasteiger partial charge in [0.05, 0.1) is 167 Å². The second-order valence-corrected chi connectivity index (χ2v) is 29.8. The molecule has 8 amide bonds. The fourth-order valence-corrected chi connectivity index (χ4v) is 11.8. The van der Waals surface area contributed by atoms with E-state index in [0.29, 0.717) is 6.42 Å². The molecular weight excluding hydrogens is 1590 g/mol. The molecule has 0 aromatic heterocycles. The first-order valence-electron chi connectivity index (χ1n) is 35.4. The maximum Gasteiger partial charge on any atom is 0.436 e. The van der Waals surface area contributed by atoms with Crippen molar-refractivity contribution in [3.8, 4) is 5.75 Å². The summed E-state index contributed by atoms with van der Waals surface area (Å²) >= 11 is 1.31. The largest absolute Gasteiger partial charge is 0.436 e. The maximum absolute atomic E-state index is 13.9. The molecule has 626 valence electrons. The number of amides is 8. The Hall–Kier alpha value is -5.22. The summed E-state index contributed by atoms with van der Waals surface area (Å²) in [6.07, 6.45) is -16.5. The van der Waals surface area contributed by atoms with Gasteiger partial charge in [-0.15, -0.1) is 0 Å². The maximum atomic E-state index is 13.9. The van der Waals surface area contributed by atoms with E-state index in [1.807, 2.05) is 0 Å². The Balaban J connectivity index is 1.33. The molecule has 0 radical (unpaired) electrons. The Morgan fingerprint density at radius 2 is 0.706 bits per heavy atom. The van der Waals surface area contributed by atoms with Gasteiger partial charge in [0, 0.05) is 79.1 Å². The van der Waals surface area contributed by atoms with Crippen molar-refractivity contribution in [3.63, 3.8) is 0 Å². The van der Waals surface area contributed by atoms with E-state index in [4.69, 9.17) is 70.8 Å². The summed E-state index contributed by atoms with van der Waals surface area (Å²) in [5, 5.41) is 109. The third-order valence-corrected chi connectivity index (χ3v) is 17.2. The van der Waals surface area contributed by atoms with E-state index in [1.165, 1.54) is 54.9 Å². The standard InChI is InChI=1S/C65H110IN8O34P/c1-40(78)71-53-59(89)56(86)45(34-75)105-62(53)102-31-28-96-23-15-68-49(82)10-19-99-37-65(38-100-20-11-50(83)69-16-24-97-29-32-103-63-54(72-41(2)79)60(90)57(87)46(35-76)106-63,39-101-21-12-51(84)70-17-25-98-30-33-104-64-55(73-42(3)80)61(91)58(88)47(36-77)107-64)74-52(85)13-18-94-26-27-95-22-14-67-48(81)9-6-43-4-7-44(8-5-43)108-109(66,92)93/h4-5,7-8,45-47,53-64,75-77,86-91H,6,9-39H2,1-3H3,(H,67,81)(H,68,82)(H,69,83)(H,70,84)(H,71,78)(H,72,79)(H,73,80)(H,74,85)(H,92,93)/t45-,46-,47-,53-,54-,55?,56+,57+,58+,59-,60-,61-,62-,63-,64-/m1/s1. The summed E-state index contributed by atoms with van der Waals surface area (Å²) in [6, 6.07) is 2.96. The quantitative estimate of drug-likeness (QED) is 0.0164. The summed E-state index contributed by atoms with van der Waals surface area (Å²) in [5.74, 6) is -3.57. The number of hydrogen-bond donors (Lipinski definition) is 18. The number of aliphatic hydroxyl groups is 9. The van der Waals surface area contributed by atoms with Crippen LogP contribution in [-0.4, -0.2) is 367 Å². The van der Waals surface area contributed by atoms with Crippen LogP contribution in [0, 0.1) is 0 Å². The Morgan fingerprint density at radius 3 is 1.02 bits per heavy atom. The van der Waals surface area contributed by atoms with Crippen LogP contribution in [0.4, 0.5) is 0 Å². The first-order chi connectivity index (χ1) is 52.1. The van der Waals surface area contributed by atoms with Crippen LogP contribution in [0.15, 0.2) is 24.3 Å². The molecule has 3 aliphatic heterocycles. The third-order valence-electron chi connectivity index (χ3n) is 16.1. The van der Waals surface area contributed by atoms with E-state index in [0.717, 1.165) is 5.56 Å². The summed E-state index contributed by atoms with van der Waals surface area (Å²) < 4.78 is 96.0. The first-order valence-corrected chi connectivity index (χ1v) is 39.8. The molecule has 3 fully saturated rings. The second kappa shape index (κ2) is 53.7. The van der Waals surface area contributed by atoms with Crippen molar-refractivity contribution in [1.29, 1.82) is 0 Å². The van der Waals surface area contributed by atoms with E-state index >= 15 is 0 Å². The lowest BCUT2D eigenvalue weighted by atomic mass is 9.97. The van der Waals surface area contributed by atoms with E-state index in [2.05, 4.69) is 42.5 Å². The molecule has 109 heavy (non-hydrogen) atoms. The predicted octanol–water partition coefficient (Wildman–Crippen LogP) is -7.57. The average molecular weight is 1710 g/mol. The van der Waals surface area contributed by atoms with Gasteiger partial charge in [-0.1, -0.05) is 12.1 Å². The summed E-state index contributed by atoms with van der Waals surface area (Å²) in [5.41, 5.74) is -0.744. The molecule has 42 nitrogen and oxygen atoms in total. The van der Waals surface area contributed by atoms with E-state index < -0.39 is 164 Å². The smallest absolute Gasteiger partial charge is 0.418 e. The van der Waals surface area contributed by atoms with Crippen LogP contribution in [0.2, 0.25) is 0 Å². The van der Waals surface area contributed by atoms with Gasteiger partial charge in [-0.05, 0) is 24.1 Å². The van der Waals surface area contributed by atoms with Crippen molar-refractivity contribution in [3.05, 3.63) is 29.8 Å². The molecule has 1 aromatic carbocycles. The SMILES string of the molecule is CC(=O)NC1[C@H](OCCOCCNC(=O)CCOCC(COCCC(=O)NCCOCCO[C@@H]2O[C@H](CO)[C@H](O)[C@H](O)[C@H]2NC(C)=O)(COCCC(=O)NCCOCCO[C@@H]2O[C@H](CO)[C@H](O)[C@H](O)[C@H]2NC(C)=O)NC(=O)CCOCCOCCNC(=O)CCc2ccc(OP(=O)(O)I)cc2)O[C@H](CO)[C@H](O)[C@@H]1O. The van der Waals surface area contributed by atoms with Crippen LogP contribution < -0.4 is 47.1 Å². The zero-order chi connectivity index (χ0) is 80.2. The predicted molar refractivity (Wildman–Crippen MR) is 381 cm³/mol. The number of halogens is 1. The third kappa shape index (κ3) is 38.9. The van der Waals surface area contributed by atoms with Crippen molar-refractivity contribution in [2.75, 3.05) is 172 Å². The van der Waals surface area contributed by atoms with Crippen molar-refractivity contribution < 1.29 is 165 Å². The molecule has 3 aliphatic rings. The topological polar surface area (TPSA) is 591 Å². The molecule has 4 rings (SSSR count). The number of aliphatic hydroxyl groups excluding tert-OH is 9. The van der Waals surface area contributed by atoms with Gasteiger partial charge in [0.2, 0.25) is 47.3 Å². The molecule has 18 N–H and O–H groups in total. The van der Waals surface area contributed by atoms with Gasteiger partial charge in [-0.3, -0.25) is 38.4 Å². The Labute approximate surface area is 642 Å². The minimum Gasteiger partial charge on any atom is -0.418 e. The van der Waals surface area contributed by atoms with Gasteiger partial charge in [0.25, 0.3) is 0 Å². The average Bonchev–Trinajstić information content (AvgIpc) is 0.820. The normalized spacial score (nSPS) is 24.7. The molecule has 0 saturated carbocycles. The lowest BCUT2D eigenvalue weighted by molar-refractivity contribution is -0.272. The van der Waals surface area contributed by atoms with Gasteiger partial charge in [0.15, 0.2) is 18.9 Å². The Kier molecular flexibility index (Phi) is 47.4. The number of ether oxygens (including phenoxy) is 14. The van der Waals surface area contributed by atoms with Gasteiger partial charge in [-0.25, -0.2) is 4.57 Å².